The summed E-state index contributed by atoms with van der Waals surface area (Å²) in [5.74, 6) is 0. The summed E-state index contributed by atoms with van der Waals surface area (Å²) in [5.41, 5.74) is 1.62. The summed E-state index contributed by atoms with van der Waals surface area (Å²) in [6, 6.07) is 3.65. The fourth-order valence-corrected chi connectivity index (χ4v) is 2.54. The Balaban J connectivity index is 1.98. The van der Waals surface area contributed by atoms with Crippen LogP contribution in [0.3, 0.4) is 0 Å². The van der Waals surface area contributed by atoms with Crippen LogP contribution in [0.4, 0.5) is 16.2 Å². The van der Waals surface area contributed by atoms with Gasteiger partial charge in [0.2, 0.25) is 0 Å². The van der Waals surface area contributed by atoms with Gasteiger partial charge in [-0.15, -0.1) is 0 Å². The Kier molecular flexibility index (Phi) is 4.49. The molecule has 1 aliphatic rings. The van der Waals surface area contributed by atoms with Crippen LogP contribution < -0.4 is 5.32 Å². The molecule has 1 saturated heterocycles. The molecule has 7 nitrogen and oxygen atoms in total. The van der Waals surface area contributed by atoms with Gasteiger partial charge in [-0.3, -0.25) is 10.1 Å². The van der Waals surface area contributed by atoms with Crippen molar-refractivity contribution in [3.63, 3.8) is 0 Å². The molecule has 1 aromatic rings. The molecular weight excluding hydrogens is 298 g/mol. The highest BCUT2D eigenvalue weighted by Crippen LogP contribution is 2.30. The van der Waals surface area contributed by atoms with Crippen LogP contribution in [0.15, 0.2) is 12.1 Å². The van der Waals surface area contributed by atoms with Crippen molar-refractivity contribution in [1.82, 2.24) is 4.90 Å². The van der Waals surface area contributed by atoms with E-state index in [0.717, 1.165) is 5.69 Å². The third-order valence-electron chi connectivity index (χ3n) is 3.71. The third-order valence-corrected chi connectivity index (χ3v) is 3.71. The van der Waals surface area contributed by atoms with Crippen molar-refractivity contribution in [3.8, 4) is 0 Å². The smallest absolute Gasteiger partial charge is 0.410 e. The van der Waals surface area contributed by atoms with Crippen molar-refractivity contribution < 1.29 is 14.5 Å². The van der Waals surface area contributed by atoms with Gasteiger partial charge >= 0.3 is 6.09 Å². The molecule has 0 saturated carbocycles. The molecule has 23 heavy (non-hydrogen) atoms. The van der Waals surface area contributed by atoms with E-state index in [0.29, 0.717) is 24.2 Å². The Bertz CT molecular complexity index is 631. The van der Waals surface area contributed by atoms with Gasteiger partial charge < -0.3 is 15.0 Å². The number of rotatable bonds is 3. The first kappa shape index (κ1) is 17.1. The Morgan fingerprint density at radius 3 is 2.48 bits per heavy atom. The normalized spacial score (nSPS) is 15.1. The second kappa shape index (κ2) is 6.06. The van der Waals surface area contributed by atoms with E-state index in [-0.39, 0.29) is 22.7 Å². The van der Waals surface area contributed by atoms with Gasteiger partial charge in [0.1, 0.15) is 5.60 Å². The number of nitro benzene ring substituents is 1. The number of nitrogens with zero attached hydrogens (tertiary/aromatic N) is 2. The van der Waals surface area contributed by atoms with Crippen molar-refractivity contribution in [1.29, 1.82) is 0 Å². The van der Waals surface area contributed by atoms with Gasteiger partial charge in [-0.1, -0.05) is 6.07 Å². The third kappa shape index (κ3) is 3.91. The highest BCUT2D eigenvalue weighted by Gasteiger charge is 2.34. The summed E-state index contributed by atoms with van der Waals surface area (Å²) in [7, 11) is 0. The molecule has 0 spiro atoms. The highest BCUT2D eigenvalue weighted by atomic mass is 16.6. The largest absolute Gasteiger partial charge is 0.444 e. The van der Waals surface area contributed by atoms with Crippen LogP contribution in [0.5, 0.6) is 0 Å². The maximum absolute atomic E-state index is 11.9. The standard InChI is InChI=1S/C16H23N3O4/c1-10-6-7-13(11(2)14(10)19(21)22)17-12-8-18(9-12)15(20)23-16(3,4)5/h6-7,12,17H,8-9H2,1-5H3. The average Bonchev–Trinajstić information content (AvgIpc) is 2.32. The number of hydrogen-bond acceptors (Lipinski definition) is 5. The van der Waals surface area contributed by atoms with Crippen LogP contribution in [-0.4, -0.2) is 40.6 Å². The Morgan fingerprint density at radius 2 is 1.96 bits per heavy atom. The Hall–Kier alpha value is -2.31. The Morgan fingerprint density at radius 1 is 1.35 bits per heavy atom. The molecule has 7 heteroatoms. The number of carbonyl (C=O) groups is 1. The van der Waals surface area contributed by atoms with Crippen LogP contribution in [0.1, 0.15) is 31.9 Å². The fourth-order valence-electron chi connectivity index (χ4n) is 2.54. The number of ether oxygens (including phenoxy) is 1. The van der Waals surface area contributed by atoms with Crippen LogP contribution >= 0.6 is 0 Å². The summed E-state index contributed by atoms with van der Waals surface area (Å²) in [4.78, 5) is 24.3. The topological polar surface area (TPSA) is 84.7 Å². The first-order valence-electron chi connectivity index (χ1n) is 7.57. The summed E-state index contributed by atoms with van der Waals surface area (Å²) >= 11 is 0. The van der Waals surface area contributed by atoms with E-state index in [4.69, 9.17) is 4.74 Å². The van der Waals surface area contributed by atoms with Crippen LogP contribution in [0, 0.1) is 24.0 Å². The number of benzene rings is 1. The molecular formula is C16H23N3O4. The first-order valence-corrected chi connectivity index (χ1v) is 7.57. The van der Waals surface area contributed by atoms with E-state index < -0.39 is 5.60 Å². The van der Waals surface area contributed by atoms with E-state index in [1.54, 1.807) is 24.8 Å². The molecule has 1 heterocycles. The fraction of sp³-hybridized carbons (Fsp3) is 0.562. The van der Waals surface area contributed by atoms with Gasteiger partial charge in [0.25, 0.3) is 5.69 Å². The lowest BCUT2D eigenvalue weighted by Gasteiger charge is -2.40. The number of nitro groups is 1. The first-order chi connectivity index (χ1) is 10.6. The second-order valence-corrected chi connectivity index (χ2v) is 6.89. The van der Waals surface area contributed by atoms with Gasteiger partial charge in [0.05, 0.1) is 16.5 Å². The predicted octanol–water partition coefficient (Wildman–Crippen LogP) is 3.24. The molecule has 1 amide bonds. The van der Waals surface area contributed by atoms with E-state index in [1.807, 2.05) is 26.8 Å². The zero-order chi connectivity index (χ0) is 17.4. The van der Waals surface area contributed by atoms with Crippen LogP contribution in [0.2, 0.25) is 0 Å². The summed E-state index contributed by atoms with van der Waals surface area (Å²) in [6.45, 7) is 9.99. The molecule has 0 aliphatic carbocycles. The van der Waals surface area contributed by atoms with E-state index in [2.05, 4.69) is 5.32 Å². The molecule has 1 aromatic carbocycles. The zero-order valence-electron chi connectivity index (χ0n) is 14.2. The lowest BCUT2D eigenvalue weighted by molar-refractivity contribution is -0.386. The maximum Gasteiger partial charge on any atom is 0.410 e. The molecule has 1 fully saturated rings. The second-order valence-electron chi connectivity index (χ2n) is 6.89. The summed E-state index contributed by atoms with van der Waals surface area (Å²) in [5, 5.41) is 14.4. The van der Waals surface area contributed by atoms with Gasteiger partial charge in [-0.05, 0) is 40.7 Å². The van der Waals surface area contributed by atoms with Crippen LogP contribution in [-0.2, 0) is 4.74 Å². The van der Waals surface area contributed by atoms with Crippen molar-refractivity contribution in [2.45, 2.75) is 46.3 Å². The van der Waals surface area contributed by atoms with E-state index >= 15 is 0 Å². The molecule has 2 rings (SSSR count). The molecule has 0 bridgehead atoms. The van der Waals surface area contributed by atoms with Gasteiger partial charge in [0.15, 0.2) is 0 Å². The van der Waals surface area contributed by atoms with Crippen molar-refractivity contribution >= 4 is 17.5 Å². The molecule has 0 radical (unpaired) electrons. The SMILES string of the molecule is Cc1ccc(NC2CN(C(=O)OC(C)(C)C)C2)c(C)c1[N+](=O)[O-]. The quantitative estimate of drug-likeness (QED) is 0.682. The number of anilines is 1. The number of carbonyl (C=O) groups excluding carboxylic acids is 1. The number of aryl methyl sites for hydroxylation is 1. The molecule has 1 N–H and O–H groups in total. The van der Waals surface area contributed by atoms with Gasteiger partial charge in [-0.2, -0.15) is 0 Å². The van der Waals surface area contributed by atoms with Gasteiger partial charge in [-0.25, -0.2) is 4.79 Å². The number of likely N-dealkylation sites (tertiary alicyclic amines) is 1. The number of hydrogen-bond donors (Lipinski definition) is 1. The maximum atomic E-state index is 11.9. The molecule has 0 atom stereocenters. The molecule has 1 aliphatic heterocycles. The number of nitrogens with one attached hydrogen (secondary N) is 1. The monoisotopic (exact) mass is 321 g/mol. The van der Waals surface area contributed by atoms with E-state index in [9.17, 15) is 14.9 Å². The van der Waals surface area contributed by atoms with Crippen molar-refractivity contribution in [2.75, 3.05) is 18.4 Å². The Labute approximate surface area is 135 Å². The highest BCUT2D eigenvalue weighted by molar-refractivity contribution is 5.70. The molecule has 0 unspecified atom stereocenters. The summed E-state index contributed by atoms with van der Waals surface area (Å²) < 4.78 is 5.30. The lowest BCUT2D eigenvalue weighted by atomic mass is 10.0. The van der Waals surface area contributed by atoms with Crippen LogP contribution in [0.25, 0.3) is 0 Å². The molecule has 0 aromatic heterocycles. The molecule has 126 valence electrons. The lowest BCUT2D eigenvalue weighted by Crippen LogP contribution is -2.58. The number of amides is 1. The predicted molar refractivity (Wildman–Crippen MR) is 87.8 cm³/mol. The minimum atomic E-state index is -0.510. The van der Waals surface area contributed by atoms with Crippen molar-refractivity contribution in [3.05, 3.63) is 33.4 Å². The van der Waals surface area contributed by atoms with Gasteiger partial charge in [0, 0.05) is 24.3 Å². The summed E-state index contributed by atoms with van der Waals surface area (Å²) in [6.07, 6.45) is -0.331. The zero-order valence-corrected chi connectivity index (χ0v) is 14.2. The van der Waals surface area contributed by atoms with Crippen molar-refractivity contribution in [2.24, 2.45) is 0 Å². The average molecular weight is 321 g/mol. The van der Waals surface area contributed by atoms with E-state index in [1.165, 1.54) is 0 Å². The minimum Gasteiger partial charge on any atom is -0.444 e. The minimum absolute atomic E-state index is 0.0727.